The third-order valence-corrected chi connectivity index (χ3v) is 5.62. The molecule has 3 rings (SSSR count). The highest BCUT2D eigenvalue weighted by atomic mass is 32.2. The number of sulfonamides is 1. The fraction of sp³-hybridized carbons (Fsp3) is 0.588. The lowest BCUT2D eigenvalue weighted by Crippen LogP contribution is -2.47. The SMILES string of the molecule is CCNC(=NCCc1ccc(S(N)(=O)=O)cc1)NC1CC2CCC1O2. The molecule has 138 valence electrons. The molecule has 0 amide bonds. The summed E-state index contributed by atoms with van der Waals surface area (Å²) in [6.45, 7) is 3.46. The summed E-state index contributed by atoms with van der Waals surface area (Å²) in [4.78, 5) is 4.75. The van der Waals surface area contributed by atoms with Gasteiger partial charge in [-0.1, -0.05) is 12.1 Å². The van der Waals surface area contributed by atoms with Gasteiger partial charge in [0.1, 0.15) is 0 Å². The number of aliphatic imine (C=N–C) groups is 1. The lowest BCUT2D eigenvalue weighted by Gasteiger charge is -2.22. The van der Waals surface area contributed by atoms with Gasteiger partial charge in [0.25, 0.3) is 0 Å². The number of nitrogens with zero attached hydrogens (tertiary/aromatic N) is 1. The zero-order valence-electron chi connectivity index (χ0n) is 14.4. The highest BCUT2D eigenvalue weighted by Gasteiger charge is 2.41. The molecule has 2 aliphatic rings. The van der Waals surface area contributed by atoms with E-state index in [0.717, 1.165) is 37.3 Å². The van der Waals surface area contributed by atoms with E-state index in [1.165, 1.54) is 18.6 Å². The van der Waals surface area contributed by atoms with E-state index in [1.807, 2.05) is 6.92 Å². The molecule has 2 heterocycles. The molecule has 2 saturated heterocycles. The number of benzene rings is 1. The molecule has 7 nitrogen and oxygen atoms in total. The zero-order valence-corrected chi connectivity index (χ0v) is 15.3. The maximum atomic E-state index is 11.3. The van der Waals surface area contributed by atoms with Gasteiger partial charge in [0.2, 0.25) is 10.0 Å². The second-order valence-corrected chi connectivity index (χ2v) is 8.12. The molecule has 3 unspecified atom stereocenters. The smallest absolute Gasteiger partial charge is 0.238 e. The molecule has 1 aromatic carbocycles. The number of rotatable bonds is 6. The first-order chi connectivity index (χ1) is 12.0. The molecule has 0 saturated carbocycles. The summed E-state index contributed by atoms with van der Waals surface area (Å²) < 4.78 is 28.4. The Kier molecular flexibility index (Phi) is 5.61. The minimum absolute atomic E-state index is 0.131. The predicted molar refractivity (Wildman–Crippen MR) is 96.9 cm³/mol. The van der Waals surface area contributed by atoms with Crippen LogP contribution in [0.5, 0.6) is 0 Å². The van der Waals surface area contributed by atoms with Crippen LogP contribution >= 0.6 is 0 Å². The van der Waals surface area contributed by atoms with Crippen LogP contribution in [0, 0.1) is 0 Å². The van der Waals surface area contributed by atoms with Gasteiger partial charge in [0, 0.05) is 13.1 Å². The highest BCUT2D eigenvalue weighted by Crippen LogP contribution is 2.34. The van der Waals surface area contributed by atoms with E-state index >= 15 is 0 Å². The molecule has 3 atom stereocenters. The van der Waals surface area contributed by atoms with Crippen LogP contribution in [0.25, 0.3) is 0 Å². The van der Waals surface area contributed by atoms with E-state index in [4.69, 9.17) is 9.88 Å². The fourth-order valence-corrected chi connectivity index (χ4v) is 3.94. The van der Waals surface area contributed by atoms with E-state index < -0.39 is 10.0 Å². The lowest BCUT2D eigenvalue weighted by atomic mass is 9.96. The van der Waals surface area contributed by atoms with Gasteiger partial charge in [0.05, 0.1) is 23.1 Å². The molecule has 2 aliphatic heterocycles. The second kappa shape index (κ2) is 7.72. The molecule has 1 aromatic rings. The number of guanidine groups is 1. The standard InChI is InChI=1S/C17H26N4O3S/c1-2-19-17(21-15-11-13-5-8-16(15)24-13)20-10-9-12-3-6-14(7-4-12)25(18,22)23/h3-4,6-7,13,15-16H,2,5,8-11H2,1H3,(H2,18,22,23)(H2,19,20,21). The van der Waals surface area contributed by atoms with Crippen LogP contribution in [-0.4, -0.2) is 45.7 Å². The second-order valence-electron chi connectivity index (χ2n) is 6.56. The third-order valence-electron chi connectivity index (χ3n) is 4.69. The first kappa shape index (κ1) is 18.2. The average molecular weight is 366 g/mol. The quantitative estimate of drug-likeness (QED) is 0.509. The van der Waals surface area contributed by atoms with Gasteiger partial charge in [-0.05, 0) is 50.3 Å². The minimum atomic E-state index is -3.64. The van der Waals surface area contributed by atoms with Crippen molar-refractivity contribution < 1.29 is 13.2 Å². The van der Waals surface area contributed by atoms with Crippen molar-refractivity contribution in [2.45, 2.75) is 55.8 Å². The number of ether oxygens (including phenoxy) is 1. The highest BCUT2D eigenvalue weighted by molar-refractivity contribution is 7.89. The first-order valence-electron chi connectivity index (χ1n) is 8.77. The van der Waals surface area contributed by atoms with Crippen LogP contribution in [0.3, 0.4) is 0 Å². The van der Waals surface area contributed by atoms with Gasteiger partial charge < -0.3 is 15.4 Å². The molecule has 8 heteroatoms. The van der Waals surface area contributed by atoms with Gasteiger partial charge in [-0.15, -0.1) is 0 Å². The molecule has 4 N–H and O–H groups in total. The van der Waals surface area contributed by atoms with E-state index in [1.54, 1.807) is 12.1 Å². The number of fused-ring (bicyclic) bond motifs is 2. The summed E-state index contributed by atoms with van der Waals surface area (Å²) in [7, 11) is -3.64. The van der Waals surface area contributed by atoms with Crippen LogP contribution in [0.1, 0.15) is 31.7 Å². The summed E-state index contributed by atoms with van der Waals surface area (Å²) in [5.41, 5.74) is 1.02. The molecule has 2 fully saturated rings. The van der Waals surface area contributed by atoms with Crippen molar-refractivity contribution in [3.63, 3.8) is 0 Å². The van der Waals surface area contributed by atoms with Crippen molar-refractivity contribution >= 4 is 16.0 Å². The summed E-state index contributed by atoms with van der Waals surface area (Å²) in [5, 5.41) is 11.9. The van der Waals surface area contributed by atoms with E-state index in [-0.39, 0.29) is 4.90 Å². The van der Waals surface area contributed by atoms with Gasteiger partial charge in [-0.25, -0.2) is 13.6 Å². The summed E-state index contributed by atoms with van der Waals surface area (Å²) >= 11 is 0. The Bertz CT molecular complexity index is 718. The van der Waals surface area contributed by atoms with E-state index in [9.17, 15) is 8.42 Å². The lowest BCUT2D eigenvalue weighted by molar-refractivity contribution is 0.0992. The third kappa shape index (κ3) is 4.71. The van der Waals surface area contributed by atoms with Gasteiger partial charge in [-0.2, -0.15) is 0 Å². The van der Waals surface area contributed by atoms with Crippen LogP contribution < -0.4 is 15.8 Å². The largest absolute Gasteiger partial charge is 0.373 e. The average Bonchev–Trinajstić information content (AvgIpc) is 3.17. The maximum absolute atomic E-state index is 11.3. The van der Waals surface area contributed by atoms with Gasteiger partial charge >= 0.3 is 0 Å². The molecule has 0 radical (unpaired) electrons. The molecule has 25 heavy (non-hydrogen) atoms. The number of primary sulfonamides is 1. The van der Waals surface area contributed by atoms with Crippen molar-refractivity contribution in [2.75, 3.05) is 13.1 Å². The van der Waals surface area contributed by atoms with Crippen LogP contribution in [0.2, 0.25) is 0 Å². The normalized spacial score (nSPS) is 26.0. The van der Waals surface area contributed by atoms with E-state index in [0.29, 0.717) is 24.8 Å². The van der Waals surface area contributed by atoms with Gasteiger partial charge in [0.15, 0.2) is 5.96 Å². The van der Waals surface area contributed by atoms with Crippen molar-refractivity contribution in [1.29, 1.82) is 0 Å². The maximum Gasteiger partial charge on any atom is 0.238 e. The van der Waals surface area contributed by atoms with Crippen LogP contribution in [0.15, 0.2) is 34.2 Å². The molecule has 0 spiro atoms. The Hall–Kier alpha value is -1.64. The van der Waals surface area contributed by atoms with Crippen molar-refractivity contribution in [3.8, 4) is 0 Å². The van der Waals surface area contributed by atoms with Crippen molar-refractivity contribution in [3.05, 3.63) is 29.8 Å². The Morgan fingerprint density at radius 1 is 1.32 bits per heavy atom. The Morgan fingerprint density at radius 2 is 2.08 bits per heavy atom. The number of nitrogens with one attached hydrogen (secondary N) is 2. The topological polar surface area (TPSA) is 106 Å². The number of hydrogen-bond donors (Lipinski definition) is 3. The molecule has 0 aliphatic carbocycles. The Balaban J connectivity index is 1.54. The van der Waals surface area contributed by atoms with Gasteiger partial charge in [-0.3, -0.25) is 4.99 Å². The van der Waals surface area contributed by atoms with Crippen molar-refractivity contribution in [2.24, 2.45) is 10.1 Å². The molecule has 0 aromatic heterocycles. The molecular formula is C17H26N4O3S. The monoisotopic (exact) mass is 366 g/mol. The molecular weight excluding hydrogens is 340 g/mol. The molecule has 2 bridgehead atoms. The number of hydrogen-bond acceptors (Lipinski definition) is 4. The van der Waals surface area contributed by atoms with Crippen molar-refractivity contribution in [1.82, 2.24) is 10.6 Å². The zero-order chi connectivity index (χ0) is 17.9. The predicted octanol–water partition coefficient (Wildman–Crippen LogP) is 0.752. The fourth-order valence-electron chi connectivity index (χ4n) is 3.43. The summed E-state index contributed by atoms with van der Waals surface area (Å²) in [5.74, 6) is 0.810. The van der Waals surface area contributed by atoms with Crippen LogP contribution in [0.4, 0.5) is 0 Å². The Labute approximate surface area is 149 Å². The summed E-state index contributed by atoms with van der Waals surface area (Å²) in [6.07, 6.45) is 4.78. The number of nitrogens with two attached hydrogens (primary N) is 1. The Morgan fingerprint density at radius 3 is 2.64 bits per heavy atom. The first-order valence-corrected chi connectivity index (χ1v) is 10.3. The summed E-state index contributed by atoms with van der Waals surface area (Å²) in [6, 6.07) is 6.96. The minimum Gasteiger partial charge on any atom is -0.373 e. The van der Waals surface area contributed by atoms with E-state index in [2.05, 4.69) is 15.6 Å². The van der Waals surface area contributed by atoms with Crippen LogP contribution in [-0.2, 0) is 21.2 Å².